The van der Waals surface area contributed by atoms with Gasteiger partial charge >= 0.3 is 0 Å². The Labute approximate surface area is 156 Å². The van der Waals surface area contributed by atoms with Gasteiger partial charge in [-0.1, -0.05) is 18.2 Å². The molecule has 2 amide bonds. The summed E-state index contributed by atoms with van der Waals surface area (Å²) in [4.78, 5) is 24.6. The minimum absolute atomic E-state index is 0.354. The van der Waals surface area contributed by atoms with Gasteiger partial charge in [-0.2, -0.15) is 0 Å². The van der Waals surface area contributed by atoms with Gasteiger partial charge in [-0.15, -0.1) is 23.2 Å². The summed E-state index contributed by atoms with van der Waals surface area (Å²) in [6.07, 6.45) is 0.354. The second kappa shape index (κ2) is 6.07. The number of alkyl halides is 2. The topological polar surface area (TPSA) is 63.1 Å². The second-order valence-electron chi connectivity index (χ2n) is 6.58. The van der Waals surface area contributed by atoms with E-state index in [1.807, 2.05) is 48.7 Å². The predicted octanol–water partition coefficient (Wildman–Crippen LogP) is 3.44. The number of aryl methyl sites for hydroxylation is 1. The molecule has 7 heteroatoms. The van der Waals surface area contributed by atoms with E-state index in [-0.39, 0.29) is 5.91 Å². The van der Waals surface area contributed by atoms with Gasteiger partial charge in [0.15, 0.2) is 0 Å². The number of hydrogen-bond donors (Lipinski definition) is 2. The number of hydrogen-bond acceptors (Lipinski definition) is 2. The molecule has 0 spiro atoms. The van der Waals surface area contributed by atoms with Gasteiger partial charge in [0, 0.05) is 17.1 Å². The molecule has 0 radical (unpaired) electrons. The minimum atomic E-state index is -1.08. The van der Waals surface area contributed by atoms with Crippen LogP contribution in [0.3, 0.4) is 0 Å². The quantitative estimate of drug-likeness (QED) is 0.633. The molecule has 1 saturated carbocycles. The molecular weight excluding hydrogens is 361 g/mol. The van der Waals surface area contributed by atoms with Crippen molar-refractivity contribution < 1.29 is 9.59 Å². The summed E-state index contributed by atoms with van der Waals surface area (Å²) in [7, 11) is 0. The molecule has 1 aliphatic rings. The molecule has 1 aromatic carbocycles. The monoisotopic (exact) mass is 379 g/mol. The maximum Gasteiger partial charge on any atom is 0.271 e. The van der Waals surface area contributed by atoms with Crippen LogP contribution in [0.15, 0.2) is 36.4 Å². The van der Waals surface area contributed by atoms with Crippen LogP contribution < -0.4 is 10.9 Å². The van der Waals surface area contributed by atoms with Crippen LogP contribution in [0.2, 0.25) is 0 Å². The highest BCUT2D eigenvalue weighted by atomic mass is 35.5. The Morgan fingerprint density at radius 1 is 1.12 bits per heavy atom. The van der Waals surface area contributed by atoms with Crippen LogP contribution in [0.4, 0.5) is 0 Å². The molecule has 0 bridgehead atoms. The Balaban J connectivity index is 1.75. The van der Waals surface area contributed by atoms with Crippen molar-refractivity contribution in [3.8, 4) is 5.69 Å². The highest BCUT2D eigenvalue weighted by Gasteiger charge is 2.68. The first-order valence-corrected chi connectivity index (χ1v) is 8.66. The third-order valence-electron chi connectivity index (χ3n) is 4.74. The number of hydrazine groups is 1. The lowest BCUT2D eigenvalue weighted by molar-refractivity contribution is -0.126. The molecule has 1 fully saturated rings. The van der Waals surface area contributed by atoms with E-state index in [4.69, 9.17) is 23.2 Å². The number of para-hydroxylation sites is 1. The molecule has 2 N–H and O–H groups in total. The van der Waals surface area contributed by atoms with E-state index in [0.29, 0.717) is 12.0 Å². The number of nitrogens with one attached hydrogen (secondary N) is 2. The van der Waals surface area contributed by atoms with E-state index in [1.165, 1.54) is 0 Å². The summed E-state index contributed by atoms with van der Waals surface area (Å²) in [6.45, 7) is 5.45. The van der Waals surface area contributed by atoms with Gasteiger partial charge < -0.3 is 4.57 Å². The SMILES string of the molecule is Cc1cc(C(=O)NNC(=O)C2(C)CC2(Cl)Cl)c(C)n1-c1ccccc1. The molecule has 3 rings (SSSR count). The predicted molar refractivity (Wildman–Crippen MR) is 98.0 cm³/mol. The fourth-order valence-corrected chi connectivity index (χ4v) is 3.64. The number of nitrogens with zero attached hydrogens (tertiary/aromatic N) is 1. The van der Waals surface area contributed by atoms with Gasteiger partial charge in [0.2, 0.25) is 5.91 Å². The van der Waals surface area contributed by atoms with Gasteiger partial charge in [-0.3, -0.25) is 20.4 Å². The van der Waals surface area contributed by atoms with Crippen molar-refractivity contribution in [1.29, 1.82) is 0 Å². The van der Waals surface area contributed by atoms with Crippen LogP contribution in [0.25, 0.3) is 5.69 Å². The normalized spacial score (nSPS) is 20.8. The Morgan fingerprint density at radius 3 is 2.28 bits per heavy atom. The van der Waals surface area contributed by atoms with E-state index >= 15 is 0 Å². The first-order chi connectivity index (χ1) is 11.7. The smallest absolute Gasteiger partial charge is 0.271 e. The van der Waals surface area contributed by atoms with Gasteiger partial charge in [-0.25, -0.2) is 0 Å². The molecule has 0 aliphatic heterocycles. The summed E-state index contributed by atoms with van der Waals surface area (Å²) in [5.41, 5.74) is 7.16. The number of rotatable bonds is 3. The van der Waals surface area contributed by atoms with Crippen molar-refractivity contribution in [3.63, 3.8) is 0 Å². The summed E-state index contributed by atoms with van der Waals surface area (Å²) in [5.74, 6) is -0.787. The van der Waals surface area contributed by atoms with Crippen molar-refractivity contribution in [3.05, 3.63) is 53.3 Å². The first-order valence-electron chi connectivity index (χ1n) is 7.90. The maximum atomic E-state index is 12.5. The number of carbonyl (C=O) groups excluding carboxylic acids is 2. The average molecular weight is 380 g/mol. The van der Waals surface area contributed by atoms with Crippen LogP contribution in [-0.4, -0.2) is 20.7 Å². The molecule has 1 unspecified atom stereocenters. The zero-order valence-electron chi connectivity index (χ0n) is 14.2. The molecule has 2 aromatic rings. The van der Waals surface area contributed by atoms with Gasteiger partial charge in [0.1, 0.15) is 4.33 Å². The Kier molecular flexibility index (Phi) is 4.33. The maximum absolute atomic E-state index is 12.5. The lowest BCUT2D eigenvalue weighted by atomic mass is 10.1. The fourth-order valence-electron chi connectivity index (χ4n) is 2.93. The molecule has 1 heterocycles. The van der Waals surface area contributed by atoms with E-state index in [2.05, 4.69) is 10.9 Å². The largest absolute Gasteiger partial charge is 0.318 e. The number of amides is 2. The number of halogens is 2. The van der Waals surface area contributed by atoms with Crippen molar-refractivity contribution in [1.82, 2.24) is 15.4 Å². The third kappa shape index (κ3) is 3.02. The average Bonchev–Trinajstić information content (AvgIpc) is 2.94. The summed E-state index contributed by atoms with van der Waals surface area (Å²) < 4.78 is 0.909. The Morgan fingerprint density at radius 2 is 1.72 bits per heavy atom. The molecule has 1 aliphatic carbocycles. The van der Waals surface area contributed by atoms with E-state index in [0.717, 1.165) is 17.1 Å². The second-order valence-corrected chi connectivity index (χ2v) is 8.06. The van der Waals surface area contributed by atoms with Crippen LogP contribution in [0.5, 0.6) is 0 Å². The van der Waals surface area contributed by atoms with Crippen LogP contribution in [0, 0.1) is 19.3 Å². The first kappa shape index (κ1) is 17.8. The van der Waals surface area contributed by atoms with Crippen molar-refractivity contribution >= 4 is 35.0 Å². The number of aromatic nitrogens is 1. The van der Waals surface area contributed by atoms with Gasteiger partial charge in [0.25, 0.3) is 5.91 Å². The Bertz CT molecular complexity index is 846. The van der Waals surface area contributed by atoms with Crippen molar-refractivity contribution in [2.24, 2.45) is 5.41 Å². The standard InChI is InChI=1S/C18H19Cl2N3O2/c1-11-9-14(12(2)23(11)13-7-5-4-6-8-13)15(24)21-22-16(25)17(3)10-18(17,19)20/h4-9H,10H2,1-3H3,(H,21,24)(H,22,25). The lowest BCUT2D eigenvalue weighted by Gasteiger charge is -2.13. The zero-order valence-corrected chi connectivity index (χ0v) is 15.7. The summed E-state index contributed by atoms with van der Waals surface area (Å²) in [6, 6.07) is 11.5. The minimum Gasteiger partial charge on any atom is -0.318 e. The van der Waals surface area contributed by atoms with E-state index in [1.54, 1.807) is 13.0 Å². The van der Waals surface area contributed by atoms with Crippen molar-refractivity contribution in [2.45, 2.75) is 31.5 Å². The Hall–Kier alpha value is -1.98. The summed E-state index contributed by atoms with van der Waals surface area (Å²) in [5, 5.41) is 0. The molecule has 0 saturated heterocycles. The molecule has 1 atom stereocenters. The van der Waals surface area contributed by atoms with Gasteiger partial charge in [0.05, 0.1) is 11.0 Å². The highest BCUT2D eigenvalue weighted by molar-refractivity contribution is 6.53. The zero-order chi connectivity index (χ0) is 18.4. The third-order valence-corrected chi connectivity index (χ3v) is 5.84. The summed E-state index contributed by atoms with van der Waals surface area (Å²) >= 11 is 12.0. The van der Waals surface area contributed by atoms with E-state index < -0.39 is 15.7 Å². The van der Waals surface area contributed by atoms with E-state index in [9.17, 15) is 9.59 Å². The molecular formula is C18H19Cl2N3O2. The molecule has 132 valence electrons. The van der Waals surface area contributed by atoms with Gasteiger partial charge in [-0.05, 0) is 45.4 Å². The lowest BCUT2D eigenvalue weighted by Crippen LogP contribution is -2.45. The fraction of sp³-hybridized carbons (Fsp3) is 0.333. The van der Waals surface area contributed by atoms with Crippen molar-refractivity contribution in [2.75, 3.05) is 0 Å². The molecule has 1 aromatic heterocycles. The highest BCUT2D eigenvalue weighted by Crippen LogP contribution is 2.63. The number of benzene rings is 1. The molecule has 25 heavy (non-hydrogen) atoms. The van der Waals surface area contributed by atoms with Crippen LogP contribution in [0.1, 0.15) is 35.1 Å². The van der Waals surface area contributed by atoms with Crippen LogP contribution >= 0.6 is 23.2 Å². The van der Waals surface area contributed by atoms with Crippen LogP contribution in [-0.2, 0) is 4.79 Å². The number of carbonyl (C=O) groups is 2. The molecule has 5 nitrogen and oxygen atoms in total.